The fourth-order valence-electron chi connectivity index (χ4n) is 3.37. The number of hydrogen-bond acceptors (Lipinski definition) is 7. The summed E-state index contributed by atoms with van der Waals surface area (Å²) in [5, 5.41) is 11.0. The maximum Gasteiger partial charge on any atom is 0.234 e. The topological polar surface area (TPSA) is 124 Å². The van der Waals surface area contributed by atoms with Crippen molar-refractivity contribution >= 4 is 37.8 Å². The largest absolute Gasteiger partial charge is 0.494 e. The van der Waals surface area contributed by atoms with E-state index in [2.05, 4.69) is 24.6 Å². The van der Waals surface area contributed by atoms with E-state index in [0.29, 0.717) is 33.4 Å². The molecule has 0 aliphatic carbocycles. The van der Waals surface area contributed by atoms with E-state index in [1.54, 1.807) is 24.4 Å². The van der Waals surface area contributed by atoms with Gasteiger partial charge in [-0.3, -0.25) is 4.72 Å². The Labute approximate surface area is 173 Å². The molecular formula is C20H23N5O4S. The summed E-state index contributed by atoms with van der Waals surface area (Å²) in [6.07, 6.45) is 4.74. The molecule has 4 rings (SSSR count). The van der Waals surface area contributed by atoms with Crippen LogP contribution in [0, 0.1) is 0 Å². The Morgan fingerprint density at radius 1 is 1.27 bits per heavy atom. The Balaban J connectivity index is 1.72. The second-order valence-corrected chi connectivity index (χ2v) is 9.32. The first kappa shape index (κ1) is 20.2. The lowest BCUT2D eigenvalue weighted by Gasteiger charge is -2.08. The van der Waals surface area contributed by atoms with Gasteiger partial charge in [0.25, 0.3) is 0 Å². The Bertz CT molecular complexity index is 1320. The van der Waals surface area contributed by atoms with Gasteiger partial charge >= 0.3 is 0 Å². The van der Waals surface area contributed by atoms with E-state index in [9.17, 15) is 13.5 Å². The molecule has 3 N–H and O–H groups in total. The van der Waals surface area contributed by atoms with Crippen molar-refractivity contribution in [2.75, 3.05) is 31.6 Å². The summed E-state index contributed by atoms with van der Waals surface area (Å²) >= 11 is 0. The minimum Gasteiger partial charge on any atom is -0.494 e. The molecule has 0 radical (unpaired) electrons. The van der Waals surface area contributed by atoms with Gasteiger partial charge in [-0.05, 0) is 63.3 Å². The van der Waals surface area contributed by atoms with Gasteiger partial charge in [-0.2, -0.15) is 4.98 Å². The predicted octanol–water partition coefficient (Wildman–Crippen LogP) is 2.94. The summed E-state index contributed by atoms with van der Waals surface area (Å²) in [4.78, 5) is 13.8. The van der Waals surface area contributed by atoms with Crippen LogP contribution in [0.15, 0.2) is 34.9 Å². The minimum absolute atomic E-state index is 0.112. The van der Waals surface area contributed by atoms with Crippen LogP contribution in [0.25, 0.3) is 33.6 Å². The van der Waals surface area contributed by atoms with Gasteiger partial charge in [0, 0.05) is 22.8 Å². The van der Waals surface area contributed by atoms with Gasteiger partial charge in [-0.25, -0.2) is 13.4 Å². The zero-order valence-corrected chi connectivity index (χ0v) is 17.7. The lowest BCUT2D eigenvalue weighted by Crippen LogP contribution is -2.13. The van der Waals surface area contributed by atoms with E-state index < -0.39 is 10.0 Å². The highest BCUT2D eigenvalue weighted by Gasteiger charge is 2.20. The number of nitrogens with one attached hydrogen (secondary N) is 2. The van der Waals surface area contributed by atoms with Gasteiger partial charge in [0.05, 0.1) is 6.26 Å². The maximum atomic E-state index is 11.5. The molecule has 3 aromatic heterocycles. The van der Waals surface area contributed by atoms with E-state index in [1.807, 2.05) is 20.2 Å². The quantitative estimate of drug-likeness (QED) is 0.412. The summed E-state index contributed by atoms with van der Waals surface area (Å²) in [6.45, 7) is 0.979. The molecule has 9 nitrogen and oxygen atoms in total. The van der Waals surface area contributed by atoms with Crippen molar-refractivity contribution in [3.63, 3.8) is 0 Å². The number of nitrogens with zero attached hydrogens (tertiary/aromatic N) is 3. The van der Waals surface area contributed by atoms with Gasteiger partial charge < -0.3 is 19.4 Å². The first-order valence-electron chi connectivity index (χ1n) is 9.42. The van der Waals surface area contributed by atoms with Crippen molar-refractivity contribution in [2.24, 2.45) is 0 Å². The molecule has 0 amide bonds. The molecule has 10 heteroatoms. The second kappa shape index (κ2) is 7.62. The maximum absolute atomic E-state index is 11.5. The summed E-state index contributed by atoms with van der Waals surface area (Å²) in [5.74, 6) is 0.0995. The van der Waals surface area contributed by atoms with Crippen LogP contribution < -0.4 is 4.72 Å². The van der Waals surface area contributed by atoms with Crippen LogP contribution in [0.3, 0.4) is 0 Å². The molecule has 0 aliphatic rings. The van der Waals surface area contributed by atoms with Crippen LogP contribution in [0.2, 0.25) is 0 Å². The average Bonchev–Trinajstić information content (AvgIpc) is 3.18. The Morgan fingerprint density at radius 3 is 2.80 bits per heavy atom. The van der Waals surface area contributed by atoms with Gasteiger partial charge in [0.1, 0.15) is 5.56 Å². The Kier molecular flexibility index (Phi) is 5.12. The number of hydrogen-bond donors (Lipinski definition) is 3. The minimum atomic E-state index is -3.43. The zero-order valence-electron chi connectivity index (χ0n) is 16.9. The summed E-state index contributed by atoms with van der Waals surface area (Å²) in [6, 6.07) is 6.82. The van der Waals surface area contributed by atoms with Crippen LogP contribution in [-0.2, 0) is 16.4 Å². The molecule has 3 heterocycles. The van der Waals surface area contributed by atoms with Crippen molar-refractivity contribution in [3.8, 4) is 17.3 Å². The molecule has 0 bridgehead atoms. The molecule has 0 fully saturated rings. The number of aromatic hydroxyl groups is 1. The van der Waals surface area contributed by atoms with Crippen molar-refractivity contribution in [1.29, 1.82) is 0 Å². The van der Waals surface area contributed by atoms with Gasteiger partial charge in [-0.15, -0.1) is 0 Å². The van der Waals surface area contributed by atoms with E-state index in [1.165, 1.54) is 0 Å². The van der Waals surface area contributed by atoms with Crippen LogP contribution in [-0.4, -0.2) is 60.3 Å². The number of fused-ring (bicyclic) bond motifs is 2. The number of aryl methyl sites for hydroxylation is 1. The standard InChI is InChI=1S/C20H23N5O4S/c1-25(2)8-4-5-12-9-16-18(21-11-12)23-20(29-16)17-14-10-13(24-30(3,27)28)6-7-15(14)22-19(17)26/h6-7,9-11,22,24,26H,4-5,8H2,1-3H3. The highest BCUT2D eigenvalue weighted by atomic mass is 32.2. The van der Waals surface area contributed by atoms with Crippen LogP contribution in [0.1, 0.15) is 12.0 Å². The summed E-state index contributed by atoms with van der Waals surface area (Å²) in [5.41, 5.74) is 3.39. The van der Waals surface area contributed by atoms with Crippen molar-refractivity contribution in [2.45, 2.75) is 12.8 Å². The number of pyridine rings is 1. The third-order valence-electron chi connectivity index (χ3n) is 4.67. The fraction of sp³-hybridized carbons (Fsp3) is 0.300. The van der Waals surface area contributed by atoms with E-state index >= 15 is 0 Å². The number of rotatable bonds is 7. The van der Waals surface area contributed by atoms with Crippen molar-refractivity contribution in [3.05, 3.63) is 36.0 Å². The third-order valence-corrected chi connectivity index (χ3v) is 5.28. The lowest BCUT2D eigenvalue weighted by molar-refractivity contribution is 0.400. The summed E-state index contributed by atoms with van der Waals surface area (Å²) in [7, 11) is 0.643. The molecule has 0 saturated carbocycles. The summed E-state index contributed by atoms with van der Waals surface area (Å²) < 4.78 is 31.4. The Hall–Kier alpha value is -3.11. The number of oxazole rings is 1. The number of benzene rings is 1. The highest BCUT2D eigenvalue weighted by molar-refractivity contribution is 7.92. The molecule has 0 unspecified atom stereocenters. The van der Waals surface area contributed by atoms with Gasteiger partial charge in [0.15, 0.2) is 11.2 Å². The van der Waals surface area contributed by atoms with E-state index in [-0.39, 0.29) is 11.8 Å². The number of H-pyrrole nitrogens is 1. The van der Waals surface area contributed by atoms with Crippen LogP contribution in [0.5, 0.6) is 5.88 Å². The third kappa shape index (κ3) is 4.24. The molecule has 0 spiro atoms. The van der Waals surface area contributed by atoms with E-state index in [4.69, 9.17) is 4.42 Å². The van der Waals surface area contributed by atoms with Crippen molar-refractivity contribution < 1.29 is 17.9 Å². The van der Waals surface area contributed by atoms with Crippen LogP contribution in [0.4, 0.5) is 5.69 Å². The normalized spacial score (nSPS) is 12.3. The first-order valence-corrected chi connectivity index (χ1v) is 11.3. The van der Waals surface area contributed by atoms with Gasteiger partial charge in [-0.1, -0.05) is 0 Å². The average molecular weight is 430 g/mol. The van der Waals surface area contributed by atoms with Crippen molar-refractivity contribution in [1.82, 2.24) is 19.9 Å². The second-order valence-electron chi connectivity index (χ2n) is 7.57. The monoisotopic (exact) mass is 429 g/mol. The van der Waals surface area contributed by atoms with Crippen LogP contribution >= 0.6 is 0 Å². The SMILES string of the molecule is CN(C)CCCc1cnc2nc(-c3c(O)[nH]c4ccc(NS(C)(=O)=O)cc34)oc2c1. The molecule has 0 aliphatic heterocycles. The Morgan fingerprint density at radius 2 is 2.07 bits per heavy atom. The molecule has 0 saturated heterocycles. The smallest absolute Gasteiger partial charge is 0.234 e. The zero-order chi connectivity index (χ0) is 21.5. The number of aromatic amines is 1. The molecule has 0 atom stereocenters. The number of anilines is 1. The molecule has 1 aromatic carbocycles. The van der Waals surface area contributed by atoms with Gasteiger partial charge in [0.2, 0.25) is 21.8 Å². The fourth-order valence-corrected chi connectivity index (χ4v) is 3.93. The number of sulfonamides is 1. The molecular weight excluding hydrogens is 406 g/mol. The molecule has 158 valence electrons. The number of aromatic nitrogens is 3. The lowest BCUT2D eigenvalue weighted by atomic mass is 10.1. The molecule has 4 aromatic rings. The predicted molar refractivity (Wildman–Crippen MR) is 116 cm³/mol. The highest BCUT2D eigenvalue weighted by Crippen LogP contribution is 2.38. The molecule has 30 heavy (non-hydrogen) atoms. The van der Waals surface area contributed by atoms with E-state index in [0.717, 1.165) is 31.2 Å². The first-order chi connectivity index (χ1) is 14.2.